The molecule has 23 heavy (non-hydrogen) atoms. The smallest absolute Gasteiger partial charge is 0.265 e. The monoisotopic (exact) mass is 333 g/mol. The maximum Gasteiger partial charge on any atom is 0.265 e. The Bertz CT molecular complexity index is 814. The lowest BCUT2D eigenvalue weighted by Gasteiger charge is -2.31. The molecule has 1 amide bonds. The third-order valence-corrected chi connectivity index (χ3v) is 5.77. The van der Waals surface area contributed by atoms with Gasteiger partial charge in [-0.1, -0.05) is 18.7 Å². The van der Waals surface area contributed by atoms with Crippen LogP contribution in [0, 0.1) is 5.92 Å². The first-order valence-corrected chi connectivity index (χ1v) is 8.98. The Morgan fingerprint density at radius 3 is 3.22 bits per heavy atom. The summed E-state index contributed by atoms with van der Waals surface area (Å²) in [5, 5.41) is 7.79. The number of amides is 1. The minimum absolute atomic E-state index is 0.103. The molecule has 1 fully saturated rings. The Hall–Kier alpha value is -1.83. The molecule has 7 nitrogen and oxygen atoms in total. The van der Waals surface area contributed by atoms with E-state index in [9.17, 15) is 9.59 Å². The van der Waals surface area contributed by atoms with Crippen molar-refractivity contribution in [3.05, 3.63) is 16.6 Å². The zero-order chi connectivity index (χ0) is 16.0. The lowest BCUT2D eigenvalue weighted by atomic mass is 10.00. The van der Waals surface area contributed by atoms with Crippen molar-refractivity contribution >= 4 is 28.7 Å². The van der Waals surface area contributed by atoms with Crippen LogP contribution in [0.1, 0.15) is 32.2 Å². The number of nitrogens with zero attached hydrogens (tertiary/aromatic N) is 4. The summed E-state index contributed by atoms with van der Waals surface area (Å²) < 4.78 is 1.67. The molecule has 0 aliphatic carbocycles. The first kappa shape index (κ1) is 14.7. The van der Waals surface area contributed by atoms with Gasteiger partial charge >= 0.3 is 0 Å². The molecule has 2 aromatic rings. The van der Waals surface area contributed by atoms with Crippen molar-refractivity contribution in [2.24, 2.45) is 5.92 Å². The first-order chi connectivity index (χ1) is 11.1. The second-order valence-electron chi connectivity index (χ2n) is 6.46. The molecule has 1 N–H and O–H groups in total. The molecule has 8 heteroatoms. The number of hydrogen-bond acceptors (Lipinski definition) is 5. The highest BCUT2D eigenvalue weighted by Crippen LogP contribution is 2.33. The van der Waals surface area contributed by atoms with Gasteiger partial charge in [-0.3, -0.25) is 19.3 Å². The van der Waals surface area contributed by atoms with Crippen molar-refractivity contribution < 1.29 is 4.79 Å². The normalized spacial score (nSPS) is 24.1. The number of carbonyl (C=O) groups is 1. The molecule has 0 bridgehead atoms. The molecule has 4 heterocycles. The van der Waals surface area contributed by atoms with Gasteiger partial charge in [0.25, 0.3) is 5.56 Å². The summed E-state index contributed by atoms with van der Waals surface area (Å²) in [4.78, 5) is 31.6. The SMILES string of the molecule is CC1CCCN(C(=O)CC2CSc3nc4[nH]ncc4c(=O)n32)C1. The largest absolute Gasteiger partial charge is 0.342 e. The number of aromatic amines is 1. The number of aromatic nitrogens is 4. The van der Waals surface area contributed by atoms with Crippen LogP contribution in [-0.4, -0.2) is 49.4 Å². The van der Waals surface area contributed by atoms with E-state index < -0.39 is 0 Å². The number of rotatable bonds is 2. The van der Waals surface area contributed by atoms with Crippen LogP contribution in [0.3, 0.4) is 0 Å². The first-order valence-electron chi connectivity index (χ1n) is 7.99. The Morgan fingerprint density at radius 1 is 1.52 bits per heavy atom. The van der Waals surface area contributed by atoms with E-state index in [-0.39, 0.29) is 17.5 Å². The summed E-state index contributed by atoms with van der Waals surface area (Å²) in [6.07, 6.45) is 4.14. The van der Waals surface area contributed by atoms with Gasteiger partial charge in [-0.25, -0.2) is 4.98 Å². The van der Waals surface area contributed by atoms with Gasteiger partial charge in [0.05, 0.1) is 12.2 Å². The van der Waals surface area contributed by atoms with Crippen LogP contribution in [0.15, 0.2) is 16.1 Å². The van der Waals surface area contributed by atoms with Crippen LogP contribution in [-0.2, 0) is 4.79 Å². The van der Waals surface area contributed by atoms with Crippen LogP contribution in [0.25, 0.3) is 11.0 Å². The van der Waals surface area contributed by atoms with E-state index in [1.54, 1.807) is 4.57 Å². The highest BCUT2D eigenvalue weighted by Gasteiger charge is 2.31. The van der Waals surface area contributed by atoms with Crippen LogP contribution < -0.4 is 5.56 Å². The van der Waals surface area contributed by atoms with E-state index in [0.29, 0.717) is 28.5 Å². The second kappa shape index (κ2) is 5.67. The molecule has 2 unspecified atom stereocenters. The van der Waals surface area contributed by atoms with Crippen LogP contribution in [0.4, 0.5) is 0 Å². The number of H-pyrrole nitrogens is 1. The average molecular weight is 333 g/mol. The number of thioether (sulfide) groups is 1. The maximum atomic E-state index is 12.6. The van der Waals surface area contributed by atoms with Crippen LogP contribution in [0.2, 0.25) is 0 Å². The van der Waals surface area contributed by atoms with Gasteiger partial charge in [0, 0.05) is 25.3 Å². The van der Waals surface area contributed by atoms with E-state index in [1.807, 2.05) is 4.90 Å². The summed E-state index contributed by atoms with van der Waals surface area (Å²) >= 11 is 1.53. The van der Waals surface area contributed by atoms with Gasteiger partial charge in [-0.05, 0) is 18.8 Å². The van der Waals surface area contributed by atoms with Crippen molar-refractivity contribution in [1.29, 1.82) is 0 Å². The third-order valence-electron chi connectivity index (χ3n) is 4.67. The van der Waals surface area contributed by atoms with E-state index >= 15 is 0 Å². The predicted octanol–water partition coefficient (Wildman–Crippen LogP) is 1.41. The Morgan fingerprint density at radius 2 is 2.39 bits per heavy atom. The minimum Gasteiger partial charge on any atom is -0.342 e. The Kier molecular flexibility index (Phi) is 3.63. The van der Waals surface area contributed by atoms with Gasteiger partial charge in [-0.2, -0.15) is 5.10 Å². The van der Waals surface area contributed by atoms with Crippen molar-refractivity contribution in [1.82, 2.24) is 24.6 Å². The lowest BCUT2D eigenvalue weighted by molar-refractivity contribution is -0.133. The number of hydrogen-bond donors (Lipinski definition) is 1. The van der Waals surface area contributed by atoms with Gasteiger partial charge in [-0.15, -0.1) is 0 Å². The lowest BCUT2D eigenvalue weighted by Crippen LogP contribution is -2.40. The molecule has 2 aromatic heterocycles. The topological polar surface area (TPSA) is 83.9 Å². The molecule has 2 aliphatic heterocycles. The van der Waals surface area contributed by atoms with Crippen molar-refractivity contribution in [2.45, 2.75) is 37.4 Å². The van der Waals surface area contributed by atoms with E-state index in [1.165, 1.54) is 24.4 Å². The molecule has 0 aromatic carbocycles. The standard InChI is InChI=1S/C15H19N5O2S/c1-9-3-2-4-19(7-9)12(21)5-10-8-23-15-17-13-11(6-16-18-13)14(22)20(10)15/h6,9-10H,2-5,7-8H2,1H3,(H,16,18). The summed E-state index contributed by atoms with van der Waals surface area (Å²) in [5.74, 6) is 1.43. The van der Waals surface area contributed by atoms with Crippen LogP contribution in [0.5, 0.6) is 0 Å². The molecular formula is C15H19N5O2S. The molecule has 2 atom stereocenters. The maximum absolute atomic E-state index is 12.6. The zero-order valence-corrected chi connectivity index (χ0v) is 13.8. The summed E-state index contributed by atoms with van der Waals surface area (Å²) in [6, 6.07) is -0.112. The summed E-state index contributed by atoms with van der Waals surface area (Å²) in [7, 11) is 0. The second-order valence-corrected chi connectivity index (χ2v) is 7.45. The summed E-state index contributed by atoms with van der Waals surface area (Å²) in [5.41, 5.74) is 0.416. The molecule has 122 valence electrons. The minimum atomic E-state index is -0.112. The third kappa shape index (κ3) is 2.54. The Balaban J connectivity index is 1.58. The fourth-order valence-corrected chi connectivity index (χ4v) is 4.59. The van der Waals surface area contributed by atoms with Crippen molar-refractivity contribution in [2.75, 3.05) is 18.8 Å². The molecule has 2 aliphatic rings. The van der Waals surface area contributed by atoms with Crippen molar-refractivity contribution in [3.8, 4) is 0 Å². The number of carbonyl (C=O) groups excluding carboxylic acids is 1. The van der Waals surface area contributed by atoms with Gasteiger partial charge < -0.3 is 4.90 Å². The van der Waals surface area contributed by atoms with Gasteiger partial charge in [0.1, 0.15) is 5.39 Å². The quantitative estimate of drug-likeness (QED) is 0.840. The molecule has 0 saturated carbocycles. The Labute approximate surface area is 137 Å². The van der Waals surface area contributed by atoms with Crippen LogP contribution >= 0.6 is 11.8 Å². The molecule has 4 rings (SSSR count). The van der Waals surface area contributed by atoms with Gasteiger partial charge in [0.2, 0.25) is 5.91 Å². The zero-order valence-electron chi connectivity index (χ0n) is 13.0. The van der Waals surface area contributed by atoms with E-state index in [2.05, 4.69) is 22.1 Å². The number of nitrogens with one attached hydrogen (secondary N) is 1. The molecule has 1 saturated heterocycles. The number of likely N-dealkylation sites (tertiary alicyclic amines) is 1. The van der Waals surface area contributed by atoms with Gasteiger partial charge in [0.15, 0.2) is 10.8 Å². The fourth-order valence-electron chi connectivity index (χ4n) is 3.45. The highest BCUT2D eigenvalue weighted by atomic mass is 32.2. The fraction of sp³-hybridized carbons (Fsp3) is 0.600. The van der Waals surface area contributed by atoms with E-state index in [4.69, 9.17) is 0 Å². The predicted molar refractivity (Wildman–Crippen MR) is 87.5 cm³/mol. The average Bonchev–Trinajstić information content (AvgIpc) is 3.15. The highest BCUT2D eigenvalue weighted by molar-refractivity contribution is 7.99. The molecule has 0 radical (unpaired) electrons. The summed E-state index contributed by atoms with van der Waals surface area (Å²) in [6.45, 7) is 3.85. The van der Waals surface area contributed by atoms with Crippen molar-refractivity contribution in [3.63, 3.8) is 0 Å². The van der Waals surface area contributed by atoms with E-state index in [0.717, 1.165) is 25.3 Å². The number of piperidine rings is 1. The molecular weight excluding hydrogens is 314 g/mol. The molecule has 0 spiro atoms. The number of fused-ring (bicyclic) bond motifs is 2.